The van der Waals surface area contributed by atoms with E-state index in [1.807, 2.05) is 68.4 Å². The summed E-state index contributed by atoms with van der Waals surface area (Å²) in [6.45, 7) is 3.46. The number of amides is 1. The molecule has 0 aromatic heterocycles. The van der Waals surface area contributed by atoms with E-state index in [-0.39, 0.29) is 18.3 Å². The molecule has 1 amide bonds. The van der Waals surface area contributed by atoms with Crippen molar-refractivity contribution in [3.8, 4) is 0 Å². The molecule has 1 heterocycles. The second-order valence-corrected chi connectivity index (χ2v) is 8.44. The minimum Gasteiger partial charge on any atom is -0.464 e. The average molecular weight is 419 g/mol. The van der Waals surface area contributed by atoms with Gasteiger partial charge in [0.2, 0.25) is 0 Å². The van der Waals surface area contributed by atoms with Gasteiger partial charge in [-0.05, 0) is 44.7 Å². The lowest BCUT2D eigenvalue weighted by molar-refractivity contribution is -0.144. The van der Waals surface area contributed by atoms with Crippen LogP contribution in [0, 0.1) is 0 Å². The molecule has 0 radical (unpaired) electrons. The predicted octanol–water partition coefficient (Wildman–Crippen LogP) is 3.72. The summed E-state index contributed by atoms with van der Waals surface area (Å²) in [5.41, 5.74) is 2.07. The van der Waals surface area contributed by atoms with Gasteiger partial charge >= 0.3 is 5.97 Å². The minimum atomic E-state index is -0.246. The first kappa shape index (κ1) is 22.3. The Hall–Kier alpha value is -1.96. The Morgan fingerprint density at radius 2 is 2.00 bits per heavy atom. The van der Waals surface area contributed by atoms with Crippen LogP contribution < -0.4 is 0 Å². The fraction of sp³-hybridized carbons (Fsp3) is 0.381. The van der Waals surface area contributed by atoms with Crippen LogP contribution in [0.4, 0.5) is 0 Å². The van der Waals surface area contributed by atoms with Crippen molar-refractivity contribution in [1.29, 1.82) is 0 Å². The van der Waals surface area contributed by atoms with Gasteiger partial charge in [-0.3, -0.25) is 14.5 Å². The Bertz CT molecular complexity index is 773. The van der Waals surface area contributed by atoms with Crippen molar-refractivity contribution in [2.24, 2.45) is 0 Å². The van der Waals surface area contributed by atoms with Crippen molar-refractivity contribution in [1.82, 2.24) is 9.80 Å². The highest BCUT2D eigenvalue weighted by Crippen LogP contribution is 2.32. The minimum absolute atomic E-state index is 0.100. The second kappa shape index (κ2) is 11.1. The number of carbonyl (C=O) groups is 2. The maximum Gasteiger partial charge on any atom is 0.305 e. The van der Waals surface area contributed by atoms with Gasteiger partial charge in [-0.25, -0.2) is 0 Å². The first-order valence-corrected chi connectivity index (χ1v) is 10.4. The molecule has 7 heteroatoms. The molecule has 1 saturated heterocycles. The fourth-order valence-corrected chi connectivity index (χ4v) is 3.91. The number of nitrogens with zero attached hydrogens (tertiary/aromatic N) is 2. The van der Waals surface area contributed by atoms with E-state index in [9.17, 15) is 9.59 Å². The van der Waals surface area contributed by atoms with E-state index in [1.54, 1.807) is 4.90 Å². The summed E-state index contributed by atoms with van der Waals surface area (Å²) in [6.07, 6.45) is 4.69. The largest absolute Gasteiger partial charge is 0.464 e. The normalized spacial score (nSPS) is 16.4. The summed E-state index contributed by atoms with van der Waals surface area (Å²) < 4.78 is 5.69. The number of thioether (sulfide) groups is 1. The van der Waals surface area contributed by atoms with Crippen molar-refractivity contribution in [3.63, 3.8) is 0 Å². The van der Waals surface area contributed by atoms with E-state index in [0.717, 1.165) is 11.1 Å². The van der Waals surface area contributed by atoms with Crippen LogP contribution in [0.5, 0.6) is 0 Å². The molecule has 2 rings (SSSR count). The molecule has 0 spiro atoms. The van der Waals surface area contributed by atoms with Crippen molar-refractivity contribution in [2.45, 2.75) is 19.8 Å². The number of likely N-dealkylation sites (N-methyl/N-ethyl adjacent to an activating group) is 1. The van der Waals surface area contributed by atoms with Gasteiger partial charge in [0, 0.05) is 19.5 Å². The molecule has 28 heavy (non-hydrogen) atoms. The number of thiocarbonyl (C=S) groups is 1. The van der Waals surface area contributed by atoms with Crippen LogP contribution in [0.25, 0.3) is 6.08 Å². The zero-order valence-corrected chi connectivity index (χ0v) is 18.1. The first-order valence-electron chi connectivity index (χ1n) is 9.16. The quantitative estimate of drug-likeness (QED) is 0.346. The van der Waals surface area contributed by atoms with Crippen LogP contribution in [0.2, 0.25) is 0 Å². The zero-order valence-electron chi connectivity index (χ0n) is 16.5. The second-order valence-electron chi connectivity index (χ2n) is 6.76. The Morgan fingerprint density at radius 1 is 1.29 bits per heavy atom. The molecule has 0 saturated carbocycles. The number of allylic oxidation sites excluding steroid dienone is 2. The summed E-state index contributed by atoms with van der Waals surface area (Å²) in [7, 11) is 3.85. The molecule has 1 aromatic carbocycles. The molecule has 0 atom stereocenters. The Labute approximate surface area is 176 Å². The highest BCUT2D eigenvalue weighted by molar-refractivity contribution is 8.26. The van der Waals surface area contributed by atoms with E-state index < -0.39 is 0 Å². The zero-order chi connectivity index (χ0) is 20.5. The number of carbonyl (C=O) groups excluding carboxylic acids is 2. The van der Waals surface area contributed by atoms with Gasteiger partial charge < -0.3 is 9.64 Å². The molecular formula is C21H26N2O3S2. The summed E-state index contributed by atoms with van der Waals surface area (Å²) >= 11 is 6.64. The Kier molecular flexibility index (Phi) is 8.89. The third kappa shape index (κ3) is 7.22. The van der Waals surface area contributed by atoms with Gasteiger partial charge in [0.15, 0.2) is 0 Å². The Morgan fingerprint density at radius 3 is 2.68 bits per heavy atom. The van der Waals surface area contributed by atoms with E-state index >= 15 is 0 Å². The standard InChI is InChI=1S/C21H26N2O3S2/c1-16(14-17-8-5-4-6-9-17)15-18-20(25)23(21(27)28-18)11-7-10-19(24)26-13-12-22(2)3/h4-6,8-9,14-15H,7,10-13H2,1-3H3/b16-14+,18-15-. The van der Waals surface area contributed by atoms with Crippen LogP contribution in [-0.2, 0) is 14.3 Å². The average Bonchev–Trinajstić information content (AvgIpc) is 2.89. The lowest BCUT2D eigenvalue weighted by Crippen LogP contribution is -2.29. The SMILES string of the molecule is CC(/C=C1\SC(=S)N(CCCC(=O)OCCN(C)C)C1=O)=C\c1ccccc1. The molecule has 1 aliphatic heterocycles. The number of hydrogen-bond acceptors (Lipinski definition) is 6. The number of hydrogen-bond donors (Lipinski definition) is 0. The highest BCUT2D eigenvalue weighted by Gasteiger charge is 2.31. The molecule has 1 aliphatic rings. The first-order chi connectivity index (χ1) is 13.4. The third-order valence-electron chi connectivity index (χ3n) is 3.99. The molecule has 0 unspecified atom stereocenters. The molecule has 0 N–H and O–H groups in total. The fourth-order valence-electron chi connectivity index (χ4n) is 2.55. The summed E-state index contributed by atoms with van der Waals surface area (Å²) in [5, 5.41) is 0. The summed E-state index contributed by atoms with van der Waals surface area (Å²) in [4.78, 5) is 28.5. The van der Waals surface area contributed by atoms with Crippen LogP contribution in [-0.4, -0.2) is 59.8 Å². The maximum atomic E-state index is 12.6. The summed E-state index contributed by atoms with van der Waals surface area (Å²) in [5.74, 6) is -0.346. The van der Waals surface area contributed by atoms with Gasteiger partial charge in [0.25, 0.3) is 5.91 Å². The molecule has 0 aliphatic carbocycles. The van der Waals surface area contributed by atoms with E-state index in [0.29, 0.717) is 35.3 Å². The van der Waals surface area contributed by atoms with Gasteiger partial charge in [-0.15, -0.1) is 0 Å². The smallest absolute Gasteiger partial charge is 0.305 e. The molecule has 1 aromatic rings. The molecular weight excluding hydrogens is 392 g/mol. The van der Waals surface area contributed by atoms with Crippen molar-refractivity contribution >= 4 is 46.3 Å². The number of rotatable bonds is 9. The van der Waals surface area contributed by atoms with E-state index in [1.165, 1.54) is 11.8 Å². The van der Waals surface area contributed by atoms with Gasteiger partial charge in [-0.2, -0.15) is 0 Å². The number of ether oxygens (including phenoxy) is 1. The predicted molar refractivity (Wildman–Crippen MR) is 119 cm³/mol. The van der Waals surface area contributed by atoms with E-state index in [2.05, 4.69) is 0 Å². The Balaban J connectivity index is 1.86. The van der Waals surface area contributed by atoms with Crippen LogP contribution in [0.1, 0.15) is 25.3 Å². The van der Waals surface area contributed by atoms with Crippen molar-refractivity contribution in [3.05, 3.63) is 52.4 Å². The molecule has 5 nitrogen and oxygen atoms in total. The lowest BCUT2D eigenvalue weighted by atomic mass is 10.1. The third-order valence-corrected chi connectivity index (χ3v) is 5.37. The topological polar surface area (TPSA) is 49.9 Å². The van der Waals surface area contributed by atoms with Crippen molar-refractivity contribution < 1.29 is 14.3 Å². The van der Waals surface area contributed by atoms with Crippen LogP contribution in [0.15, 0.2) is 46.9 Å². The highest BCUT2D eigenvalue weighted by atomic mass is 32.2. The van der Waals surface area contributed by atoms with Crippen molar-refractivity contribution in [2.75, 3.05) is 33.8 Å². The van der Waals surface area contributed by atoms with E-state index in [4.69, 9.17) is 17.0 Å². The maximum absolute atomic E-state index is 12.6. The monoisotopic (exact) mass is 418 g/mol. The van der Waals surface area contributed by atoms with Gasteiger partial charge in [0.05, 0.1) is 4.91 Å². The molecule has 0 bridgehead atoms. The number of esters is 1. The molecule has 1 fully saturated rings. The van der Waals surface area contributed by atoms with Gasteiger partial charge in [0.1, 0.15) is 10.9 Å². The van der Waals surface area contributed by atoms with Crippen LogP contribution in [0.3, 0.4) is 0 Å². The molecule has 150 valence electrons. The summed E-state index contributed by atoms with van der Waals surface area (Å²) in [6, 6.07) is 9.95. The lowest BCUT2D eigenvalue weighted by Gasteiger charge is -2.14. The number of benzene rings is 1. The van der Waals surface area contributed by atoms with Gasteiger partial charge in [-0.1, -0.05) is 60.4 Å². The van der Waals surface area contributed by atoms with Crippen LogP contribution >= 0.6 is 24.0 Å².